The first kappa shape index (κ1) is 19.0. The van der Waals surface area contributed by atoms with Gasteiger partial charge in [0.1, 0.15) is 12.4 Å². The molecule has 2 aromatic carbocycles. The van der Waals surface area contributed by atoms with Crippen LogP contribution < -0.4 is 4.74 Å². The number of nitrogens with zero attached hydrogens (tertiary/aromatic N) is 3. The van der Waals surface area contributed by atoms with Crippen LogP contribution in [0, 0.1) is 16.7 Å². The number of benzene rings is 2. The Morgan fingerprint density at radius 2 is 1.82 bits per heavy atom. The van der Waals surface area contributed by atoms with Gasteiger partial charge in [-0.15, -0.1) is 0 Å². The number of piperidine rings is 1. The lowest BCUT2D eigenvalue weighted by Gasteiger charge is -2.40. The van der Waals surface area contributed by atoms with Crippen LogP contribution in [0.2, 0.25) is 0 Å². The maximum atomic E-state index is 9.12. The molecule has 1 atom stereocenters. The maximum Gasteiger partial charge on any atom is 0.119 e. The fourth-order valence-electron chi connectivity index (χ4n) is 4.80. The summed E-state index contributed by atoms with van der Waals surface area (Å²) in [6, 6.07) is 20.4. The first-order valence-corrected chi connectivity index (χ1v) is 10.4. The number of hydrogen-bond acceptors (Lipinski definition) is 4. The summed E-state index contributed by atoms with van der Waals surface area (Å²) in [5.41, 5.74) is 2.44. The van der Waals surface area contributed by atoms with Gasteiger partial charge in [-0.2, -0.15) is 5.26 Å². The Morgan fingerprint density at radius 1 is 0.964 bits per heavy atom. The normalized spacial score (nSPS) is 23.0. The zero-order valence-electron chi connectivity index (χ0n) is 16.5. The Balaban J connectivity index is 1.28. The highest BCUT2D eigenvalue weighted by molar-refractivity contribution is 5.32. The van der Waals surface area contributed by atoms with Crippen molar-refractivity contribution in [3.8, 4) is 11.8 Å². The van der Waals surface area contributed by atoms with Crippen LogP contribution in [-0.2, 0) is 6.54 Å². The zero-order chi connectivity index (χ0) is 19.2. The maximum absolute atomic E-state index is 9.12. The van der Waals surface area contributed by atoms with Crippen molar-refractivity contribution in [2.24, 2.45) is 5.41 Å². The smallest absolute Gasteiger partial charge is 0.119 e. The summed E-state index contributed by atoms with van der Waals surface area (Å²) in [7, 11) is 0. The van der Waals surface area contributed by atoms with E-state index < -0.39 is 0 Å². The molecule has 4 nitrogen and oxygen atoms in total. The van der Waals surface area contributed by atoms with Crippen LogP contribution in [0.5, 0.6) is 5.75 Å². The van der Waals surface area contributed by atoms with Crippen molar-refractivity contribution < 1.29 is 4.74 Å². The summed E-state index contributed by atoms with van der Waals surface area (Å²) >= 11 is 0. The standard InChI is InChI=1S/C24H29N3O/c25-17-21-6-4-7-22(16-21)18-27-13-11-24(20-27)10-5-12-26(19-24)14-15-28-23-8-2-1-3-9-23/h1-4,6-9,16H,5,10-15,18-20H2/t24-/m0/s1. The van der Waals surface area contributed by atoms with Gasteiger partial charge in [-0.25, -0.2) is 0 Å². The Morgan fingerprint density at radius 3 is 2.68 bits per heavy atom. The van der Waals surface area contributed by atoms with Crippen LogP contribution in [0.4, 0.5) is 0 Å². The SMILES string of the molecule is N#Cc1cccc(CN2CC[C@]3(CCCN(CCOc4ccccc4)C3)C2)c1. The first-order chi connectivity index (χ1) is 13.7. The monoisotopic (exact) mass is 375 g/mol. The number of likely N-dealkylation sites (tertiary alicyclic amines) is 2. The third kappa shape index (κ3) is 4.73. The molecule has 2 aliphatic rings. The Labute approximate surface area is 168 Å². The summed E-state index contributed by atoms with van der Waals surface area (Å²) in [6.07, 6.45) is 3.89. The lowest BCUT2D eigenvalue weighted by atomic mass is 9.79. The largest absolute Gasteiger partial charge is 0.492 e. The second kappa shape index (κ2) is 8.77. The lowest BCUT2D eigenvalue weighted by Crippen LogP contribution is -2.46. The van der Waals surface area contributed by atoms with E-state index in [1.54, 1.807) is 0 Å². The molecular formula is C24H29N3O. The number of hydrogen-bond donors (Lipinski definition) is 0. The van der Waals surface area contributed by atoms with E-state index >= 15 is 0 Å². The van der Waals surface area contributed by atoms with E-state index in [9.17, 15) is 0 Å². The van der Waals surface area contributed by atoms with E-state index in [-0.39, 0.29) is 0 Å². The van der Waals surface area contributed by atoms with Gasteiger partial charge in [0.2, 0.25) is 0 Å². The van der Waals surface area contributed by atoms with Gasteiger partial charge < -0.3 is 4.74 Å². The highest BCUT2D eigenvalue weighted by Crippen LogP contribution is 2.39. The molecule has 0 N–H and O–H groups in total. The number of nitriles is 1. The van der Waals surface area contributed by atoms with Crippen molar-refractivity contribution in [3.05, 3.63) is 65.7 Å². The van der Waals surface area contributed by atoms with Crippen molar-refractivity contribution in [3.63, 3.8) is 0 Å². The third-order valence-electron chi connectivity index (χ3n) is 6.14. The molecule has 0 aliphatic carbocycles. The Hall–Kier alpha value is -2.35. The van der Waals surface area contributed by atoms with Gasteiger partial charge in [0, 0.05) is 26.2 Å². The van der Waals surface area contributed by atoms with E-state index in [1.165, 1.54) is 44.5 Å². The van der Waals surface area contributed by atoms with Crippen LogP contribution in [0.15, 0.2) is 54.6 Å². The lowest BCUT2D eigenvalue weighted by molar-refractivity contribution is 0.0805. The van der Waals surface area contributed by atoms with Gasteiger partial charge in [0.25, 0.3) is 0 Å². The minimum absolute atomic E-state index is 0.428. The molecular weight excluding hydrogens is 346 g/mol. The van der Waals surface area contributed by atoms with E-state index in [0.29, 0.717) is 5.41 Å². The highest BCUT2D eigenvalue weighted by atomic mass is 16.5. The van der Waals surface area contributed by atoms with Crippen molar-refractivity contribution in [2.75, 3.05) is 39.3 Å². The van der Waals surface area contributed by atoms with E-state index in [2.05, 4.69) is 21.9 Å². The molecule has 4 heteroatoms. The van der Waals surface area contributed by atoms with Gasteiger partial charge in [-0.05, 0) is 67.6 Å². The van der Waals surface area contributed by atoms with Crippen molar-refractivity contribution in [2.45, 2.75) is 25.8 Å². The van der Waals surface area contributed by atoms with Crippen LogP contribution in [0.3, 0.4) is 0 Å². The molecule has 0 aromatic heterocycles. The molecule has 2 fully saturated rings. The van der Waals surface area contributed by atoms with Gasteiger partial charge in [-0.1, -0.05) is 30.3 Å². The van der Waals surface area contributed by atoms with Gasteiger partial charge >= 0.3 is 0 Å². The topological polar surface area (TPSA) is 39.5 Å². The zero-order valence-corrected chi connectivity index (χ0v) is 16.5. The fourth-order valence-corrected chi connectivity index (χ4v) is 4.80. The molecule has 28 heavy (non-hydrogen) atoms. The average molecular weight is 376 g/mol. The second-order valence-electron chi connectivity index (χ2n) is 8.31. The summed E-state index contributed by atoms with van der Waals surface area (Å²) in [6.45, 7) is 7.40. The molecule has 4 rings (SSSR count). The molecule has 0 radical (unpaired) electrons. The molecule has 1 spiro atoms. The van der Waals surface area contributed by atoms with Crippen LogP contribution in [0.1, 0.15) is 30.4 Å². The van der Waals surface area contributed by atoms with E-state index in [0.717, 1.165) is 37.6 Å². The van der Waals surface area contributed by atoms with Crippen LogP contribution >= 0.6 is 0 Å². The van der Waals surface area contributed by atoms with Crippen LogP contribution in [0.25, 0.3) is 0 Å². The molecule has 2 aliphatic heterocycles. The average Bonchev–Trinajstić information content (AvgIpc) is 3.10. The summed E-state index contributed by atoms with van der Waals surface area (Å²) in [5.74, 6) is 0.959. The van der Waals surface area contributed by atoms with Gasteiger partial charge in [-0.3, -0.25) is 9.80 Å². The van der Waals surface area contributed by atoms with Crippen molar-refractivity contribution >= 4 is 0 Å². The molecule has 2 saturated heterocycles. The molecule has 146 valence electrons. The first-order valence-electron chi connectivity index (χ1n) is 10.4. The quantitative estimate of drug-likeness (QED) is 0.767. The summed E-state index contributed by atoms with van der Waals surface area (Å²) in [4.78, 5) is 5.16. The number of ether oxygens (including phenoxy) is 1. The number of para-hydroxylation sites is 1. The Bertz CT molecular complexity index is 816. The molecule has 0 amide bonds. The molecule has 0 bridgehead atoms. The van der Waals surface area contributed by atoms with Crippen molar-refractivity contribution in [1.29, 1.82) is 5.26 Å². The minimum atomic E-state index is 0.428. The molecule has 2 aromatic rings. The van der Waals surface area contributed by atoms with Crippen molar-refractivity contribution in [1.82, 2.24) is 9.80 Å². The molecule has 0 unspecified atom stereocenters. The van der Waals surface area contributed by atoms with Gasteiger partial charge in [0.05, 0.1) is 11.6 Å². The Kier molecular flexibility index (Phi) is 5.95. The molecule has 0 saturated carbocycles. The van der Waals surface area contributed by atoms with E-state index in [1.807, 2.05) is 48.5 Å². The number of rotatable bonds is 6. The van der Waals surface area contributed by atoms with E-state index in [4.69, 9.17) is 10.00 Å². The minimum Gasteiger partial charge on any atom is -0.492 e. The van der Waals surface area contributed by atoms with Crippen LogP contribution in [-0.4, -0.2) is 49.1 Å². The third-order valence-corrected chi connectivity index (χ3v) is 6.14. The highest BCUT2D eigenvalue weighted by Gasteiger charge is 2.41. The second-order valence-corrected chi connectivity index (χ2v) is 8.31. The predicted octanol–water partition coefficient (Wildman–Crippen LogP) is 3.93. The van der Waals surface area contributed by atoms with Gasteiger partial charge in [0.15, 0.2) is 0 Å². The molecule has 2 heterocycles. The summed E-state index contributed by atoms with van der Waals surface area (Å²) in [5, 5.41) is 9.12. The summed E-state index contributed by atoms with van der Waals surface area (Å²) < 4.78 is 5.90. The fraction of sp³-hybridized carbons (Fsp3) is 0.458. The predicted molar refractivity (Wildman–Crippen MR) is 111 cm³/mol.